The number of amides is 1. The van der Waals surface area contributed by atoms with Crippen LogP contribution in [0.5, 0.6) is 5.75 Å². The number of ether oxygens (including phenoxy) is 1. The Bertz CT molecular complexity index is 866. The number of nitrogens with zero attached hydrogens (tertiary/aromatic N) is 2. The average molecular weight is 388 g/mol. The maximum absolute atomic E-state index is 12.5. The summed E-state index contributed by atoms with van der Waals surface area (Å²) in [6, 6.07) is 5.89. The number of nitrogens with one attached hydrogen (secondary N) is 1. The summed E-state index contributed by atoms with van der Waals surface area (Å²) >= 11 is 5.87. The van der Waals surface area contributed by atoms with Gasteiger partial charge in [-0.05, 0) is 25.1 Å². The quantitative estimate of drug-likeness (QED) is 0.779. The molecular formula is C15H18ClN3O5S. The Kier molecular flexibility index (Phi) is 6.04. The van der Waals surface area contributed by atoms with Crippen molar-refractivity contribution < 1.29 is 22.5 Å². The SMILES string of the molecule is COc1ccc(Cl)cc1S(=O)(=O)NCCN(C(C)=O)c1cc(C)on1. The number of halogens is 1. The Morgan fingerprint density at radius 2 is 2.12 bits per heavy atom. The number of carbonyl (C=O) groups is 1. The largest absolute Gasteiger partial charge is 0.495 e. The van der Waals surface area contributed by atoms with Crippen LogP contribution in [0, 0.1) is 6.92 Å². The summed E-state index contributed by atoms with van der Waals surface area (Å²) in [5.41, 5.74) is 0. The lowest BCUT2D eigenvalue weighted by Gasteiger charge is -2.18. The molecule has 1 aromatic heterocycles. The van der Waals surface area contributed by atoms with Crippen molar-refractivity contribution in [2.75, 3.05) is 25.1 Å². The molecule has 136 valence electrons. The van der Waals surface area contributed by atoms with Gasteiger partial charge in [0.25, 0.3) is 0 Å². The van der Waals surface area contributed by atoms with Gasteiger partial charge in [0.2, 0.25) is 15.9 Å². The minimum absolute atomic E-state index is 0.0243. The van der Waals surface area contributed by atoms with Gasteiger partial charge in [-0.2, -0.15) is 0 Å². The van der Waals surface area contributed by atoms with Crippen LogP contribution < -0.4 is 14.4 Å². The molecule has 10 heteroatoms. The first-order valence-electron chi connectivity index (χ1n) is 7.29. The van der Waals surface area contributed by atoms with E-state index in [1.807, 2.05) is 0 Å². The smallest absolute Gasteiger partial charge is 0.244 e. The van der Waals surface area contributed by atoms with E-state index in [1.165, 1.54) is 37.1 Å². The normalized spacial score (nSPS) is 11.4. The molecule has 1 heterocycles. The van der Waals surface area contributed by atoms with Crippen LogP contribution in [-0.2, 0) is 14.8 Å². The first-order valence-corrected chi connectivity index (χ1v) is 9.15. The molecule has 0 aliphatic carbocycles. The number of hydrogen-bond donors (Lipinski definition) is 1. The molecule has 0 radical (unpaired) electrons. The Morgan fingerprint density at radius 1 is 1.40 bits per heavy atom. The number of anilines is 1. The number of benzene rings is 1. The predicted molar refractivity (Wildman–Crippen MR) is 92.5 cm³/mol. The van der Waals surface area contributed by atoms with E-state index >= 15 is 0 Å². The number of carbonyl (C=O) groups excluding carboxylic acids is 1. The van der Waals surface area contributed by atoms with Gasteiger partial charge in [0.1, 0.15) is 16.4 Å². The molecule has 0 fully saturated rings. The maximum atomic E-state index is 12.5. The van der Waals surface area contributed by atoms with Gasteiger partial charge in [-0.15, -0.1) is 0 Å². The van der Waals surface area contributed by atoms with Crippen LogP contribution in [0.15, 0.2) is 33.7 Å². The molecule has 0 bridgehead atoms. The monoisotopic (exact) mass is 387 g/mol. The summed E-state index contributed by atoms with van der Waals surface area (Å²) in [7, 11) is -2.50. The van der Waals surface area contributed by atoms with E-state index in [9.17, 15) is 13.2 Å². The molecule has 8 nitrogen and oxygen atoms in total. The lowest BCUT2D eigenvalue weighted by Crippen LogP contribution is -2.37. The minimum Gasteiger partial charge on any atom is -0.495 e. The lowest BCUT2D eigenvalue weighted by molar-refractivity contribution is -0.116. The minimum atomic E-state index is -3.87. The number of methoxy groups -OCH3 is 1. The Hall–Kier alpha value is -2.10. The molecule has 2 rings (SSSR count). The molecule has 0 atom stereocenters. The second kappa shape index (κ2) is 7.85. The third-order valence-electron chi connectivity index (χ3n) is 3.31. The van der Waals surface area contributed by atoms with Crippen molar-refractivity contribution in [3.63, 3.8) is 0 Å². The molecule has 0 saturated heterocycles. The number of rotatable bonds is 7. The zero-order valence-corrected chi connectivity index (χ0v) is 15.5. The summed E-state index contributed by atoms with van der Waals surface area (Å²) < 4.78 is 37.4. The van der Waals surface area contributed by atoms with Gasteiger partial charge < -0.3 is 9.26 Å². The lowest BCUT2D eigenvalue weighted by atomic mass is 10.3. The fraction of sp³-hybridized carbons (Fsp3) is 0.333. The summed E-state index contributed by atoms with van der Waals surface area (Å²) in [4.78, 5) is 13.0. The first kappa shape index (κ1) is 19.2. The van der Waals surface area contributed by atoms with E-state index in [2.05, 4.69) is 9.88 Å². The van der Waals surface area contributed by atoms with Crippen molar-refractivity contribution in [3.8, 4) is 5.75 Å². The highest BCUT2D eigenvalue weighted by atomic mass is 35.5. The number of aryl methyl sites for hydroxylation is 1. The van der Waals surface area contributed by atoms with Crippen molar-refractivity contribution in [2.24, 2.45) is 0 Å². The molecular weight excluding hydrogens is 370 g/mol. The van der Waals surface area contributed by atoms with Gasteiger partial charge in [-0.1, -0.05) is 16.8 Å². The molecule has 1 amide bonds. The van der Waals surface area contributed by atoms with Gasteiger partial charge >= 0.3 is 0 Å². The Morgan fingerprint density at radius 3 is 2.68 bits per heavy atom. The molecule has 0 aliphatic heterocycles. The van der Waals surface area contributed by atoms with E-state index in [4.69, 9.17) is 20.9 Å². The topological polar surface area (TPSA) is 102 Å². The summed E-state index contributed by atoms with van der Waals surface area (Å²) in [5.74, 6) is 0.760. The molecule has 0 saturated carbocycles. The third kappa shape index (κ3) is 4.71. The molecule has 0 spiro atoms. The highest BCUT2D eigenvalue weighted by Gasteiger charge is 2.21. The van der Waals surface area contributed by atoms with Gasteiger partial charge in [0.15, 0.2) is 5.82 Å². The van der Waals surface area contributed by atoms with E-state index in [1.54, 1.807) is 13.0 Å². The van der Waals surface area contributed by atoms with Crippen molar-refractivity contribution in [2.45, 2.75) is 18.7 Å². The number of aromatic nitrogens is 1. The predicted octanol–water partition coefficient (Wildman–Crippen LogP) is 1.98. The third-order valence-corrected chi connectivity index (χ3v) is 5.03. The second-order valence-electron chi connectivity index (χ2n) is 5.16. The fourth-order valence-corrected chi connectivity index (χ4v) is 3.59. The summed E-state index contributed by atoms with van der Waals surface area (Å²) in [6.45, 7) is 3.12. The van der Waals surface area contributed by atoms with Crippen LogP contribution in [0.3, 0.4) is 0 Å². The van der Waals surface area contributed by atoms with Crippen LogP contribution in [0.4, 0.5) is 5.82 Å². The molecule has 1 N–H and O–H groups in total. The summed E-state index contributed by atoms with van der Waals surface area (Å²) in [6.07, 6.45) is 0. The molecule has 2 aromatic rings. The molecule has 1 aromatic carbocycles. The highest BCUT2D eigenvalue weighted by molar-refractivity contribution is 7.89. The van der Waals surface area contributed by atoms with Crippen LogP contribution in [0.25, 0.3) is 0 Å². The van der Waals surface area contributed by atoms with Crippen molar-refractivity contribution >= 4 is 33.3 Å². The van der Waals surface area contributed by atoms with E-state index < -0.39 is 10.0 Å². The van der Waals surface area contributed by atoms with E-state index in [-0.39, 0.29) is 34.7 Å². The number of hydrogen-bond acceptors (Lipinski definition) is 6. The van der Waals surface area contributed by atoms with Gasteiger partial charge in [0, 0.05) is 31.1 Å². The fourth-order valence-electron chi connectivity index (χ4n) is 2.14. The molecule has 0 aliphatic rings. The molecule has 0 unspecified atom stereocenters. The van der Waals surface area contributed by atoms with Crippen LogP contribution in [0.1, 0.15) is 12.7 Å². The van der Waals surface area contributed by atoms with Gasteiger partial charge in [-0.3, -0.25) is 9.69 Å². The Balaban J connectivity index is 2.11. The Labute approximate surface area is 150 Å². The van der Waals surface area contributed by atoms with E-state index in [0.717, 1.165) is 0 Å². The van der Waals surface area contributed by atoms with E-state index in [0.29, 0.717) is 11.6 Å². The van der Waals surface area contributed by atoms with Crippen LogP contribution in [0.2, 0.25) is 5.02 Å². The maximum Gasteiger partial charge on any atom is 0.244 e. The summed E-state index contributed by atoms with van der Waals surface area (Å²) in [5, 5.41) is 4.03. The molecule has 25 heavy (non-hydrogen) atoms. The van der Waals surface area contributed by atoms with Gasteiger partial charge in [0.05, 0.1) is 7.11 Å². The second-order valence-corrected chi connectivity index (χ2v) is 7.33. The van der Waals surface area contributed by atoms with Gasteiger partial charge in [-0.25, -0.2) is 13.1 Å². The average Bonchev–Trinajstić information content (AvgIpc) is 2.97. The number of sulfonamides is 1. The first-order chi connectivity index (χ1) is 11.7. The van der Waals surface area contributed by atoms with Crippen molar-refractivity contribution in [1.82, 2.24) is 9.88 Å². The van der Waals surface area contributed by atoms with Crippen molar-refractivity contribution in [3.05, 3.63) is 35.0 Å². The zero-order valence-electron chi connectivity index (χ0n) is 13.9. The highest BCUT2D eigenvalue weighted by Crippen LogP contribution is 2.26. The van der Waals surface area contributed by atoms with Crippen molar-refractivity contribution in [1.29, 1.82) is 0 Å². The standard InChI is InChI=1S/C15H18ClN3O5S/c1-10-8-15(18-24-10)19(11(2)20)7-6-17-25(21,22)14-9-12(16)4-5-13(14)23-3/h4-5,8-9,17H,6-7H2,1-3H3. The van der Waals surface area contributed by atoms with Crippen LogP contribution in [-0.4, -0.2) is 39.7 Å². The van der Waals surface area contributed by atoms with Crippen LogP contribution >= 0.6 is 11.6 Å². The zero-order chi connectivity index (χ0) is 18.6.